The molecule has 0 radical (unpaired) electrons. The molecule has 0 aliphatic rings. The van der Waals surface area contributed by atoms with E-state index in [9.17, 15) is 9.59 Å². The fourth-order valence-corrected chi connectivity index (χ4v) is 2.48. The zero-order chi connectivity index (χ0) is 16.0. The Morgan fingerprint density at radius 1 is 1.38 bits per heavy atom. The van der Waals surface area contributed by atoms with Crippen molar-refractivity contribution in [2.75, 3.05) is 7.11 Å². The summed E-state index contributed by atoms with van der Waals surface area (Å²) >= 11 is 3.36. The minimum Gasteiger partial charge on any atom is -0.468 e. The molecule has 0 heterocycles. The summed E-state index contributed by atoms with van der Waals surface area (Å²) in [6.07, 6.45) is 3.97. The first-order valence-electron chi connectivity index (χ1n) is 7.19. The van der Waals surface area contributed by atoms with Crippen molar-refractivity contribution in [1.29, 1.82) is 0 Å². The molecule has 0 amide bonds. The normalized spacial score (nSPS) is 12.8. The maximum absolute atomic E-state index is 12.0. The summed E-state index contributed by atoms with van der Waals surface area (Å²) in [6, 6.07) is 5.97. The Kier molecular flexibility index (Phi) is 6.59. The number of hydrogen-bond donors (Lipinski definition) is 0. The first-order valence-corrected chi connectivity index (χ1v) is 8.10. The summed E-state index contributed by atoms with van der Waals surface area (Å²) in [4.78, 5) is 22.7. The van der Waals surface area contributed by atoms with Gasteiger partial charge >= 0.3 is 5.97 Å². The molecule has 3 nitrogen and oxygen atoms in total. The van der Waals surface area contributed by atoms with Crippen LogP contribution in [0, 0.1) is 0 Å². The molecular formula is C17H23BrO3. The highest BCUT2D eigenvalue weighted by molar-refractivity contribution is 9.09. The minimum absolute atomic E-state index is 0.279. The summed E-state index contributed by atoms with van der Waals surface area (Å²) in [6.45, 7) is 5.82. The van der Waals surface area contributed by atoms with Crippen molar-refractivity contribution < 1.29 is 14.3 Å². The molecule has 116 valence electrons. The van der Waals surface area contributed by atoms with Crippen LogP contribution in [0.15, 0.2) is 18.2 Å². The predicted octanol–water partition coefficient (Wildman–Crippen LogP) is 4.11. The standard InChI is InChI=1S/C17H23BrO3/c1-5-6-7-12-8-13(15(18)11-19)10-14(9-12)17(2,3)16(20)21-4/h8-11,15H,5-7H2,1-4H3. The van der Waals surface area contributed by atoms with Crippen molar-refractivity contribution in [2.45, 2.75) is 50.3 Å². The summed E-state index contributed by atoms with van der Waals surface area (Å²) in [5.41, 5.74) is 2.17. The monoisotopic (exact) mass is 354 g/mol. The average molecular weight is 355 g/mol. The molecule has 1 aromatic carbocycles. The molecule has 0 spiro atoms. The summed E-state index contributed by atoms with van der Waals surface area (Å²) in [7, 11) is 1.39. The Hall–Kier alpha value is -1.16. The molecule has 1 rings (SSSR count). The zero-order valence-corrected chi connectivity index (χ0v) is 14.7. The summed E-state index contributed by atoms with van der Waals surface area (Å²) < 4.78 is 4.90. The van der Waals surface area contributed by atoms with Gasteiger partial charge in [0.05, 0.1) is 17.4 Å². The van der Waals surface area contributed by atoms with Crippen LogP contribution in [0.1, 0.15) is 55.1 Å². The largest absolute Gasteiger partial charge is 0.468 e. The molecule has 0 bridgehead atoms. The van der Waals surface area contributed by atoms with Crippen molar-refractivity contribution >= 4 is 28.2 Å². The van der Waals surface area contributed by atoms with Gasteiger partial charge in [-0.05, 0) is 43.4 Å². The van der Waals surface area contributed by atoms with Gasteiger partial charge in [0, 0.05) is 0 Å². The molecule has 21 heavy (non-hydrogen) atoms. The van der Waals surface area contributed by atoms with Gasteiger partial charge in [-0.3, -0.25) is 4.79 Å². The van der Waals surface area contributed by atoms with Crippen molar-refractivity contribution in [3.63, 3.8) is 0 Å². The molecular weight excluding hydrogens is 332 g/mol. The number of hydrogen-bond acceptors (Lipinski definition) is 3. The van der Waals surface area contributed by atoms with Crippen LogP contribution in [-0.2, 0) is 26.2 Å². The van der Waals surface area contributed by atoms with Crippen LogP contribution < -0.4 is 0 Å². The lowest BCUT2D eigenvalue weighted by atomic mass is 9.82. The lowest BCUT2D eigenvalue weighted by Gasteiger charge is -2.24. The van der Waals surface area contributed by atoms with Crippen LogP contribution in [0.2, 0.25) is 0 Å². The van der Waals surface area contributed by atoms with Crippen molar-refractivity contribution in [1.82, 2.24) is 0 Å². The fourth-order valence-electron chi connectivity index (χ4n) is 2.22. The third-order valence-electron chi connectivity index (χ3n) is 3.69. The van der Waals surface area contributed by atoms with Gasteiger partial charge in [0.2, 0.25) is 0 Å². The maximum Gasteiger partial charge on any atom is 0.315 e. The number of aldehydes is 1. The Morgan fingerprint density at radius 2 is 2.05 bits per heavy atom. The molecule has 0 aromatic heterocycles. The number of carbonyl (C=O) groups excluding carboxylic acids is 2. The summed E-state index contributed by atoms with van der Waals surface area (Å²) in [5.74, 6) is -0.279. The van der Waals surface area contributed by atoms with E-state index in [1.165, 1.54) is 7.11 Å². The molecule has 4 heteroatoms. The third-order valence-corrected chi connectivity index (χ3v) is 4.43. The van der Waals surface area contributed by atoms with Gasteiger partial charge in [0.25, 0.3) is 0 Å². The first-order chi connectivity index (χ1) is 9.86. The molecule has 0 aliphatic carbocycles. The first kappa shape index (κ1) is 17.9. The van der Waals surface area contributed by atoms with Crippen molar-refractivity contribution in [3.05, 3.63) is 34.9 Å². The van der Waals surface area contributed by atoms with Crippen LogP contribution in [0.4, 0.5) is 0 Å². The molecule has 0 saturated heterocycles. The molecule has 0 aliphatic heterocycles. The maximum atomic E-state index is 12.0. The van der Waals surface area contributed by atoms with Gasteiger partial charge in [-0.15, -0.1) is 0 Å². The van der Waals surface area contributed by atoms with E-state index in [1.54, 1.807) is 0 Å². The number of aryl methyl sites for hydroxylation is 1. The van der Waals surface area contributed by atoms with E-state index in [1.807, 2.05) is 32.0 Å². The molecule has 0 fully saturated rings. The Bertz CT molecular complexity index is 509. The highest BCUT2D eigenvalue weighted by Gasteiger charge is 2.31. The molecule has 1 unspecified atom stereocenters. The Morgan fingerprint density at radius 3 is 2.57 bits per heavy atom. The fraction of sp³-hybridized carbons (Fsp3) is 0.529. The molecule has 1 atom stereocenters. The van der Waals surface area contributed by atoms with Gasteiger partial charge in [-0.25, -0.2) is 0 Å². The minimum atomic E-state index is -0.735. The van der Waals surface area contributed by atoms with Gasteiger partial charge in [-0.1, -0.05) is 47.5 Å². The molecule has 0 N–H and O–H groups in total. The van der Waals surface area contributed by atoms with E-state index in [4.69, 9.17) is 4.74 Å². The number of methoxy groups -OCH3 is 1. The summed E-state index contributed by atoms with van der Waals surface area (Å²) in [5, 5.41) is 0. The number of carbonyl (C=O) groups is 2. The van der Waals surface area contributed by atoms with E-state index in [0.717, 1.165) is 42.2 Å². The zero-order valence-electron chi connectivity index (χ0n) is 13.1. The van der Waals surface area contributed by atoms with Gasteiger partial charge in [-0.2, -0.15) is 0 Å². The predicted molar refractivity (Wildman–Crippen MR) is 87.8 cm³/mol. The van der Waals surface area contributed by atoms with Crippen LogP contribution >= 0.6 is 15.9 Å². The number of ether oxygens (including phenoxy) is 1. The van der Waals surface area contributed by atoms with Crippen LogP contribution in [0.3, 0.4) is 0 Å². The number of unbranched alkanes of at least 4 members (excludes halogenated alkanes) is 1. The number of rotatable bonds is 7. The van der Waals surface area contributed by atoms with Gasteiger partial charge < -0.3 is 9.53 Å². The Balaban J connectivity index is 3.29. The van der Waals surface area contributed by atoms with E-state index in [2.05, 4.69) is 22.9 Å². The van der Waals surface area contributed by atoms with E-state index in [-0.39, 0.29) is 10.8 Å². The lowest BCUT2D eigenvalue weighted by molar-refractivity contribution is -0.146. The van der Waals surface area contributed by atoms with E-state index < -0.39 is 5.41 Å². The SMILES string of the molecule is CCCCc1cc(C(Br)C=O)cc(C(C)(C)C(=O)OC)c1. The number of alkyl halides is 1. The molecule has 1 aromatic rings. The van der Waals surface area contributed by atoms with Gasteiger partial charge in [0.1, 0.15) is 6.29 Å². The second-order valence-electron chi connectivity index (χ2n) is 5.72. The topological polar surface area (TPSA) is 43.4 Å². The van der Waals surface area contributed by atoms with Gasteiger partial charge in [0.15, 0.2) is 0 Å². The number of halogens is 1. The number of benzene rings is 1. The second-order valence-corrected chi connectivity index (χ2v) is 6.71. The lowest BCUT2D eigenvalue weighted by Crippen LogP contribution is -2.30. The van der Waals surface area contributed by atoms with Crippen LogP contribution in [0.5, 0.6) is 0 Å². The van der Waals surface area contributed by atoms with Crippen LogP contribution in [-0.4, -0.2) is 19.4 Å². The highest BCUT2D eigenvalue weighted by Crippen LogP contribution is 2.31. The van der Waals surface area contributed by atoms with E-state index >= 15 is 0 Å². The van der Waals surface area contributed by atoms with Crippen LogP contribution in [0.25, 0.3) is 0 Å². The Labute approximate surface area is 135 Å². The average Bonchev–Trinajstić information content (AvgIpc) is 2.50. The quantitative estimate of drug-likeness (QED) is 0.420. The number of esters is 1. The highest BCUT2D eigenvalue weighted by atomic mass is 79.9. The smallest absolute Gasteiger partial charge is 0.315 e. The van der Waals surface area contributed by atoms with E-state index in [0.29, 0.717) is 0 Å². The second kappa shape index (κ2) is 7.74. The van der Waals surface area contributed by atoms with Crippen molar-refractivity contribution in [2.24, 2.45) is 0 Å². The third kappa shape index (κ3) is 4.40. The van der Waals surface area contributed by atoms with Crippen molar-refractivity contribution in [3.8, 4) is 0 Å². The molecule has 0 saturated carbocycles.